The Labute approximate surface area is 123 Å². The number of aryl methyl sites for hydroxylation is 1. The summed E-state index contributed by atoms with van der Waals surface area (Å²) in [4.78, 5) is 0. The zero-order valence-electron chi connectivity index (χ0n) is 11.8. The summed E-state index contributed by atoms with van der Waals surface area (Å²) >= 11 is 0. The minimum absolute atomic E-state index is 0.0559. The number of hydrogen-bond acceptors (Lipinski definition) is 4. The number of methoxy groups -OCH3 is 1. The first kappa shape index (κ1) is 12.4. The summed E-state index contributed by atoms with van der Waals surface area (Å²) in [6, 6.07) is 12.0. The van der Waals surface area contributed by atoms with Crippen LogP contribution in [0, 0.1) is 0 Å². The summed E-state index contributed by atoms with van der Waals surface area (Å²) in [5.41, 5.74) is 2.33. The standard InChI is InChI=1S/C17H16O4/c1-18-13-4-7-15-11(8-13)2-5-14(21-15)12-3-6-16-17(9-12)20-10-19-16/h3-4,6-9,14H,2,5,10H2,1H3. The number of ether oxygens (including phenoxy) is 4. The third-order valence-electron chi connectivity index (χ3n) is 3.98. The molecule has 0 aliphatic carbocycles. The van der Waals surface area contributed by atoms with Gasteiger partial charge in [-0.15, -0.1) is 0 Å². The smallest absolute Gasteiger partial charge is 0.231 e. The SMILES string of the molecule is COc1ccc2c(c1)CCC(c1ccc3c(c1)OCO3)O2. The average molecular weight is 284 g/mol. The van der Waals surface area contributed by atoms with Crippen molar-refractivity contribution in [2.24, 2.45) is 0 Å². The quantitative estimate of drug-likeness (QED) is 0.846. The lowest BCUT2D eigenvalue weighted by molar-refractivity contribution is 0.171. The van der Waals surface area contributed by atoms with Gasteiger partial charge in [0.05, 0.1) is 7.11 Å². The Morgan fingerprint density at radius 2 is 1.86 bits per heavy atom. The van der Waals surface area contributed by atoms with E-state index in [4.69, 9.17) is 18.9 Å². The molecule has 21 heavy (non-hydrogen) atoms. The van der Waals surface area contributed by atoms with Crippen LogP contribution >= 0.6 is 0 Å². The number of rotatable bonds is 2. The predicted molar refractivity (Wildman–Crippen MR) is 77.2 cm³/mol. The first-order chi connectivity index (χ1) is 10.3. The summed E-state index contributed by atoms with van der Waals surface area (Å²) in [5.74, 6) is 3.42. The Kier molecular flexibility index (Phi) is 2.88. The van der Waals surface area contributed by atoms with Gasteiger partial charge in [0.25, 0.3) is 0 Å². The van der Waals surface area contributed by atoms with E-state index in [2.05, 4.69) is 0 Å². The molecule has 2 aliphatic rings. The second-order valence-corrected chi connectivity index (χ2v) is 5.23. The van der Waals surface area contributed by atoms with Crippen molar-refractivity contribution < 1.29 is 18.9 Å². The molecule has 2 aromatic carbocycles. The van der Waals surface area contributed by atoms with Crippen LogP contribution in [0.4, 0.5) is 0 Å². The van der Waals surface area contributed by atoms with Gasteiger partial charge in [-0.05, 0) is 54.3 Å². The van der Waals surface area contributed by atoms with Crippen molar-refractivity contribution >= 4 is 0 Å². The van der Waals surface area contributed by atoms with Crippen molar-refractivity contribution in [1.82, 2.24) is 0 Å². The zero-order valence-corrected chi connectivity index (χ0v) is 11.8. The molecule has 108 valence electrons. The van der Waals surface area contributed by atoms with Gasteiger partial charge >= 0.3 is 0 Å². The Bertz CT molecular complexity index is 680. The van der Waals surface area contributed by atoms with Crippen molar-refractivity contribution in [2.75, 3.05) is 13.9 Å². The van der Waals surface area contributed by atoms with Gasteiger partial charge in [0.1, 0.15) is 17.6 Å². The predicted octanol–water partition coefficient (Wildman–Crippen LogP) is 3.49. The molecule has 0 radical (unpaired) electrons. The maximum Gasteiger partial charge on any atom is 0.231 e. The number of benzene rings is 2. The first-order valence-electron chi connectivity index (χ1n) is 7.06. The summed E-state index contributed by atoms with van der Waals surface area (Å²) in [6.07, 6.45) is 1.98. The van der Waals surface area contributed by atoms with Gasteiger partial charge in [0.2, 0.25) is 6.79 Å². The minimum atomic E-state index is 0.0559. The normalized spacial score (nSPS) is 18.8. The molecule has 0 saturated heterocycles. The molecule has 2 aromatic rings. The third kappa shape index (κ3) is 2.17. The number of fused-ring (bicyclic) bond motifs is 2. The molecule has 0 aromatic heterocycles. The van der Waals surface area contributed by atoms with E-state index in [0.29, 0.717) is 6.79 Å². The summed E-state index contributed by atoms with van der Waals surface area (Å²) < 4.78 is 22.2. The molecule has 0 saturated carbocycles. The molecular weight excluding hydrogens is 268 g/mol. The topological polar surface area (TPSA) is 36.9 Å². The van der Waals surface area contributed by atoms with Gasteiger partial charge in [-0.3, -0.25) is 0 Å². The minimum Gasteiger partial charge on any atom is -0.497 e. The van der Waals surface area contributed by atoms with Gasteiger partial charge in [0.15, 0.2) is 11.5 Å². The lowest BCUT2D eigenvalue weighted by Crippen LogP contribution is -2.15. The molecule has 1 atom stereocenters. The van der Waals surface area contributed by atoms with E-state index in [1.807, 2.05) is 36.4 Å². The van der Waals surface area contributed by atoms with E-state index in [1.165, 1.54) is 5.56 Å². The highest BCUT2D eigenvalue weighted by Gasteiger charge is 2.24. The largest absolute Gasteiger partial charge is 0.497 e. The fraction of sp³-hybridized carbons (Fsp3) is 0.294. The van der Waals surface area contributed by atoms with Crippen molar-refractivity contribution in [3.05, 3.63) is 47.5 Å². The van der Waals surface area contributed by atoms with E-state index >= 15 is 0 Å². The van der Waals surface area contributed by atoms with Crippen LogP contribution in [0.2, 0.25) is 0 Å². The molecule has 0 amide bonds. The van der Waals surface area contributed by atoms with E-state index < -0.39 is 0 Å². The van der Waals surface area contributed by atoms with Gasteiger partial charge in [-0.2, -0.15) is 0 Å². The zero-order chi connectivity index (χ0) is 14.2. The Morgan fingerprint density at radius 3 is 2.76 bits per heavy atom. The van der Waals surface area contributed by atoms with Crippen molar-refractivity contribution in [1.29, 1.82) is 0 Å². The molecule has 1 unspecified atom stereocenters. The Morgan fingerprint density at radius 1 is 1.00 bits per heavy atom. The van der Waals surface area contributed by atoms with Gasteiger partial charge in [-0.1, -0.05) is 6.07 Å². The van der Waals surface area contributed by atoms with Crippen LogP contribution in [0.3, 0.4) is 0 Å². The molecule has 2 heterocycles. The van der Waals surface area contributed by atoms with Crippen molar-refractivity contribution in [3.8, 4) is 23.0 Å². The summed E-state index contributed by atoms with van der Waals surface area (Å²) in [5, 5.41) is 0. The molecule has 0 fully saturated rings. The van der Waals surface area contributed by atoms with Crippen LogP contribution in [-0.4, -0.2) is 13.9 Å². The van der Waals surface area contributed by atoms with Crippen LogP contribution < -0.4 is 18.9 Å². The van der Waals surface area contributed by atoms with Crippen molar-refractivity contribution in [3.63, 3.8) is 0 Å². The van der Waals surface area contributed by atoms with E-state index in [1.54, 1.807) is 7.11 Å². The Balaban J connectivity index is 1.60. The Hall–Kier alpha value is -2.36. The molecule has 0 N–H and O–H groups in total. The first-order valence-corrected chi connectivity index (χ1v) is 7.06. The second-order valence-electron chi connectivity index (χ2n) is 5.23. The van der Waals surface area contributed by atoms with Crippen LogP contribution in [0.15, 0.2) is 36.4 Å². The maximum absolute atomic E-state index is 6.13. The molecule has 4 nitrogen and oxygen atoms in total. The van der Waals surface area contributed by atoms with E-state index in [-0.39, 0.29) is 6.10 Å². The highest BCUT2D eigenvalue weighted by atomic mass is 16.7. The third-order valence-corrected chi connectivity index (χ3v) is 3.98. The molecule has 0 bridgehead atoms. The monoisotopic (exact) mass is 284 g/mol. The van der Waals surface area contributed by atoms with E-state index in [9.17, 15) is 0 Å². The molecule has 4 rings (SSSR count). The highest BCUT2D eigenvalue weighted by Crippen LogP contribution is 2.40. The molecule has 2 aliphatic heterocycles. The van der Waals surface area contributed by atoms with Crippen molar-refractivity contribution in [2.45, 2.75) is 18.9 Å². The molecule has 0 spiro atoms. The van der Waals surface area contributed by atoms with Crippen LogP contribution in [0.1, 0.15) is 23.7 Å². The lowest BCUT2D eigenvalue weighted by Gasteiger charge is -2.26. The van der Waals surface area contributed by atoms with Crippen LogP contribution in [-0.2, 0) is 6.42 Å². The highest BCUT2D eigenvalue weighted by molar-refractivity contribution is 5.47. The maximum atomic E-state index is 6.13. The second kappa shape index (κ2) is 4.88. The van der Waals surface area contributed by atoms with Crippen LogP contribution in [0.5, 0.6) is 23.0 Å². The average Bonchev–Trinajstić information content (AvgIpc) is 3.01. The van der Waals surface area contributed by atoms with Gasteiger partial charge in [-0.25, -0.2) is 0 Å². The fourth-order valence-electron chi connectivity index (χ4n) is 2.84. The molecule has 4 heteroatoms. The summed E-state index contributed by atoms with van der Waals surface area (Å²) in [7, 11) is 1.68. The lowest BCUT2D eigenvalue weighted by atomic mass is 9.97. The summed E-state index contributed by atoms with van der Waals surface area (Å²) in [6.45, 7) is 0.299. The van der Waals surface area contributed by atoms with Gasteiger partial charge in [0, 0.05) is 0 Å². The molecular formula is C17H16O4. The van der Waals surface area contributed by atoms with Crippen LogP contribution in [0.25, 0.3) is 0 Å². The van der Waals surface area contributed by atoms with E-state index in [0.717, 1.165) is 41.4 Å². The van der Waals surface area contributed by atoms with Gasteiger partial charge < -0.3 is 18.9 Å². The number of hydrogen-bond donors (Lipinski definition) is 0. The fourth-order valence-corrected chi connectivity index (χ4v) is 2.84.